The van der Waals surface area contributed by atoms with Gasteiger partial charge in [-0.15, -0.1) is 0 Å². The zero-order valence-corrected chi connectivity index (χ0v) is 18.1. The molecule has 2 amide bonds. The lowest BCUT2D eigenvalue weighted by Crippen LogP contribution is -2.58. The number of carbonyl (C=O) groups is 3. The van der Waals surface area contributed by atoms with E-state index in [0.29, 0.717) is 43.7 Å². The van der Waals surface area contributed by atoms with Crippen LogP contribution in [0.5, 0.6) is 5.75 Å². The van der Waals surface area contributed by atoms with Crippen molar-refractivity contribution in [2.75, 3.05) is 38.2 Å². The molecule has 1 aromatic carbocycles. The molecular formula is C22H33N3O5. The molecule has 2 rings (SSSR count). The lowest BCUT2D eigenvalue weighted by molar-refractivity contribution is -0.151. The average molecular weight is 420 g/mol. The Morgan fingerprint density at radius 1 is 1.30 bits per heavy atom. The first-order valence-electron chi connectivity index (χ1n) is 10.6. The monoisotopic (exact) mass is 419 g/mol. The van der Waals surface area contributed by atoms with Gasteiger partial charge in [-0.25, -0.2) is 0 Å². The Balaban J connectivity index is 1.97. The van der Waals surface area contributed by atoms with E-state index >= 15 is 0 Å². The van der Waals surface area contributed by atoms with Crippen molar-refractivity contribution in [3.8, 4) is 5.75 Å². The van der Waals surface area contributed by atoms with E-state index in [1.807, 2.05) is 31.2 Å². The largest absolute Gasteiger partial charge is 0.491 e. The Morgan fingerprint density at radius 3 is 2.80 bits per heavy atom. The van der Waals surface area contributed by atoms with Gasteiger partial charge in [-0.3, -0.25) is 14.4 Å². The highest BCUT2D eigenvalue weighted by molar-refractivity contribution is 5.93. The number of rotatable bonds is 11. The Hall–Kier alpha value is -2.77. The normalized spacial score (nSPS) is 16.2. The molecule has 0 bridgehead atoms. The topological polar surface area (TPSA) is 97.0 Å². The summed E-state index contributed by atoms with van der Waals surface area (Å²) in [6, 6.07) is 6.57. The van der Waals surface area contributed by atoms with Gasteiger partial charge in [0.25, 0.3) is 0 Å². The Morgan fingerprint density at radius 2 is 2.07 bits per heavy atom. The maximum atomic E-state index is 12.8. The van der Waals surface area contributed by atoms with Crippen molar-refractivity contribution in [2.24, 2.45) is 5.92 Å². The van der Waals surface area contributed by atoms with Crippen molar-refractivity contribution in [3.05, 3.63) is 24.3 Å². The van der Waals surface area contributed by atoms with Gasteiger partial charge in [-0.05, 0) is 24.5 Å². The number of ether oxygens (including phenoxy) is 2. The number of hydrogen-bond donors (Lipinski definition) is 2. The van der Waals surface area contributed by atoms with Crippen LogP contribution in [0.3, 0.4) is 0 Å². The molecule has 1 aromatic rings. The third-order valence-electron chi connectivity index (χ3n) is 4.66. The molecule has 0 aromatic heterocycles. The fraction of sp³-hybridized carbons (Fsp3) is 0.591. The van der Waals surface area contributed by atoms with Crippen LogP contribution >= 0.6 is 0 Å². The number of carbonyl (C=O) groups excluding carboxylic acids is 3. The average Bonchev–Trinajstić information content (AvgIpc) is 2.72. The fourth-order valence-corrected chi connectivity index (χ4v) is 3.03. The number of nitrogens with one attached hydrogen (secondary N) is 2. The number of amides is 2. The zero-order chi connectivity index (χ0) is 21.9. The summed E-state index contributed by atoms with van der Waals surface area (Å²) in [4.78, 5) is 38.7. The van der Waals surface area contributed by atoms with E-state index in [0.717, 1.165) is 12.8 Å². The SMILES string of the molecule is CCCCOC(=O)CC1C(=O)NCCN1C(=O)CNc1ccccc1OCC(C)C. The molecule has 1 unspecified atom stereocenters. The maximum absolute atomic E-state index is 12.8. The van der Waals surface area contributed by atoms with Gasteiger partial charge in [0.05, 0.1) is 31.9 Å². The van der Waals surface area contributed by atoms with E-state index in [1.165, 1.54) is 4.90 Å². The van der Waals surface area contributed by atoms with E-state index < -0.39 is 12.0 Å². The summed E-state index contributed by atoms with van der Waals surface area (Å²) >= 11 is 0. The number of para-hydroxylation sites is 2. The molecule has 1 heterocycles. The third-order valence-corrected chi connectivity index (χ3v) is 4.66. The highest BCUT2D eigenvalue weighted by Crippen LogP contribution is 2.24. The van der Waals surface area contributed by atoms with Gasteiger partial charge < -0.3 is 25.0 Å². The van der Waals surface area contributed by atoms with Crippen molar-refractivity contribution in [3.63, 3.8) is 0 Å². The number of anilines is 1. The Labute approximate surface area is 178 Å². The number of esters is 1. The predicted octanol–water partition coefficient (Wildman–Crippen LogP) is 2.19. The first-order valence-corrected chi connectivity index (χ1v) is 10.6. The minimum Gasteiger partial charge on any atom is -0.491 e. The van der Waals surface area contributed by atoms with Crippen LogP contribution in [-0.4, -0.2) is 61.6 Å². The summed E-state index contributed by atoms with van der Waals surface area (Å²) in [6.45, 7) is 7.74. The first kappa shape index (κ1) is 23.5. The summed E-state index contributed by atoms with van der Waals surface area (Å²) in [5.41, 5.74) is 0.712. The van der Waals surface area contributed by atoms with E-state index in [9.17, 15) is 14.4 Å². The second kappa shape index (κ2) is 12.0. The molecule has 0 spiro atoms. The number of hydrogen-bond acceptors (Lipinski definition) is 6. The Kier molecular flexibility index (Phi) is 9.44. The minimum absolute atomic E-state index is 0.00326. The fourth-order valence-electron chi connectivity index (χ4n) is 3.03. The van der Waals surface area contributed by atoms with Crippen LogP contribution in [0.15, 0.2) is 24.3 Å². The number of nitrogens with zero attached hydrogens (tertiary/aromatic N) is 1. The van der Waals surface area contributed by atoms with Crippen molar-refractivity contribution in [1.82, 2.24) is 10.2 Å². The minimum atomic E-state index is -0.852. The molecule has 8 nitrogen and oxygen atoms in total. The maximum Gasteiger partial charge on any atom is 0.308 e. The number of benzene rings is 1. The zero-order valence-electron chi connectivity index (χ0n) is 18.1. The summed E-state index contributed by atoms with van der Waals surface area (Å²) in [5.74, 6) is -0.00269. The van der Waals surface area contributed by atoms with E-state index in [2.05, 4.69) is 24.5 Å². The lowest BCUT2D eigenvalue weighted by Gasteiger charge is -2.34. The van der Waals surface area contributed by atoms with Gasteiger partial charge >= 0.3 is 5.97 Å². The number of unbranched alkanes of at least 4 members (excludes halogenated alkanes) is 1. The molecule has 1 aliphatic rings. The third kappa shape index (κ3) is 7.24. The summed E-state index contributed by atoms with van der Waals surface area (Å²) in [5, 5.41) is 5.82. The standard InChI is InChI=1S/C22H33N3O5/c1-4-5-12-29-21(27)13-18-22(28)23-10-11-25(18)20(26)14-24-17-8-6-7-9-19(17)30-15-16(2)3/h6-9,16,18,24H,4-5,10-15H2,1-3H3,(H,23,28). The van der Waals surface area contributed by atoms with Gasteiger partial charge in [-0.2, -0.15) is 0 Å². The van der Waals surface area contributed by atoms with E-state index in [1.54, 1.807) is 0 Å². The summed E-state index contributed by atoms with van der Waals surface area (Å²) < 4.78 is 11.0. The molecule has 1 saturated heterocycles. The van der Waals surface area contributed by atoms with Crippen LogP contribution in [0.4, 0.5) is 5.69 Å². The molecule has 2 N–H and O–H groups in total. The molecular weight excluding hydrogens is 386 g/mol. The van der Waals surface area contributed by atoms with Crippen LogP contribution in [0.25, 0.3) is 0 Å². The Bertz CT molecular complexity index is 722. The van der Waals surface area contributed by atoms with Crippen LogP contribution in [0.1, 0.15) is 40.0 Å². The second-order valence-electron chi connectivity index (χ2n) is 7.73. The van der Waals surface area contributed by atoms with E-state index in [4.69, 9.17) is 9.47 Å². The predicted molar refractivity (Wildman–Crippen MR) is 114 cm³/mol. The smallest absolute Gasteiger partial charge is 0.308 e. The van der Waals surface area contributed by atoms with Gasteiger partial charge in [-0.1, -0.05) is 39.3 Å². The van der Waals surface area contributed by atoms with Crippen LogP contribution in [0.2, 0.25) is 0 Å². The van der Waals surface area contributed by atoms with Crippen LogP contribution in [0, 0.1) is 5.92 Å². The molecule has 8 heteroatoms. The van der Waals surface area contributed by atoms with Crippen molar-refractivity contribution in [1.29, 1.82) is 0 Å². The van der Waals surface area contributed by atoms with Gasteiger partial charge in [0.2, 0.25) is 11.8 Å². The van der Waals surface area contributed by atoms with Crippen LogP contribution < -0.4 is 15.4 Å². The highest BCUT2D eigenvalue weighted by atomic mass is 16.5. The van der Waals surface area contributed by atoms with E-state index in [-0.39, 0.29) is 24.8 Å². The molecule has 0 saturated carbocycles. The molecule has 166 valence electrons. The molecule has 30 heavy (non-hydrogen) atoms. The van der Waals surface area contributed by atoms with Crippen molar-refractivity contribution in [2.45, 2.75) is 46.1 Å². The van der Waals surface area contributed by atoms with Crippen molar-refractivity contribution >= 4 is 23.5 Å². The second-order valence-corrected chi connectivity index (χ2v) is 7.73. The van der Waals surface area contributed by atoms with Gasteiger partial charge in [0, 0.05) is 13.1 Å². The molecule has 0 aliphatic carbocycles. The lowest BCUT2D eigenvalue weighted by atomic mass is 10.1. The van der Waals surface area contributed by atoms with Gasteiger partial charge in [0.15, 0.2) is 0 Å². The molecule has 1 aliphatic heterocycles. The first-order chi connectivity index (χ1) is 14.4. The number of piperazine rings is 1. The summed E-state index contributed by atoms with van der Waals surface area (Å²) in [6.07, 6.45) is 1.54. The van der Waals surface area contributed by atoms with Crippen LogP contribution in [-0.2, 0) is 19.1 Å². The molecule has 0 radical (unpaired) electrons. The summed E-state index contributed by atoms with van der Waals surface area (Å²) in [7, 11) is 0. The van der Waals surface area contributed by atoms with Crippen molar-refractivity contribution < 1.29 is 23.9 Å². The molecule has 1 fully saturated rings. The molecule has 1 atom stereocenters. The quantitative estimate of drug-likeness (QED) is 0.422. The highest BCUT2D eigenvalue weighted by Gasteiger charge is 2.35. The van der Waals surface area contributed by atoms with Gasteiger partial charge in [0.1, 0.15) is 11.8 Å².